The molecule has 12 aromatic heterocycles. The number of aromatic amines is 3. The predicted octanol–water partition coefficient (Wildman–Crippen LogP) is -2.01. The number of anilines is 6. The van der Waals surface area contributed by atoms with Crippen LogP contribution < -0.4 is 51.1 Å². The summed E-state index contributed by atoms with van der Waals surface area (Å²) in [5.41, 5.74) is 32.9. The molecule has 0 aliphatic carbocycles. The predicted molar refractivity (Wildman–Crippen MR) is 474 cm³/mol. The van der Waals surface area contributed by atoms with Crippen LogP contribution in [0, 0.1) is 0 Å². The number of ether oxygens (including phenoxy) is 9. The molecule has 72 heteroatoms. The van der Waals surface area contributed by atoms with Gasteiger partial charge in [0.25, 0.3) is 16.7 Å². The van der Waals surface area contributed by atoms with E-state index < -0.39 is 184 Å². The number of nitrogen functional groups attached to an aromatic ring is 6. The van der Waals surface area contributed by atoms with Crippen LogP contribution in [0.15, 0.2) is 70.2 Å². The van der Waals surface area contributed by atoms with Crippen molar-refractivity contribution in [3.63, 3.8) is 0 Å². The number of hydrogen-bond acceptors (Lipinski definition) is 51. The molecule has 0 amide bonds. The summed E-state index contributed by atoms with van der Waals surface area (Å²) in [6.07, 6.45) is -7.37. The molecule has 0 spiro atoms. The number of nitrogens with zero attached hydrogens (tertiary/aromatic N) is 21. The highest BCUT2D eigenvalue weighted by molar-refractivity contribution is 8.08. The maximum absolute atomic E-state index is 12.3. The zero-order valence-corrected chi connectivity index (χ0v) is 78.3. The number of imidazole rings is 3. The maximum Gasteiger partial charge on any atom is 0.325 e. The van der Waals surface area contributed by atoms with E-state index in [1.807, 2.05) is 0 Å². The summed E-state index contributed by atoms with van der Waals surface area (Å²) in [6.45, 7) is -26.1. The third-order valence-electron chi connectivity index (χ3n) is 23.7. The van der Waals surface area contributed by atoms with Crippen molar-refractivity contribution in [2.24, 2.45) is 0 Å². The van der Waals surface area contributed by atoms with Crippen molar-refractivity contribution in [3.05, 3.63) is 86.8 Å². The van der Waals surface area contributed by atoms with Crippen LogP contribution in [0.1, 0.15) is 56.6 Å². The second-order valence-electron chi connectivity index (χ2n) is 32.4. The van der Waals surface area contributed by atoms with E-state index in [-0.39, 0.29) is 130 Å². The van der Waals surface area contributed by atoms with Crippen LogP contribution in [-0.4, -0.2) is 297 Å². The third kappa shape index (κ3) is 16.9. The van der Waals surface area contributed by atoms with Crippen molar-refractivity contribution in [1.82, 2.24) is 118 Å². The van der Waals surface area contributed by atoms with Gasteiger partial charge in [-0.15, -0.1) is 15.3 Å². The number of nitrogens with two attached hydrogens (primary N) is 6. The molecule has 0 aromatic carbocycles. The van der Waals surface area contributed by atoms with Gasteiger partial charge in [-0.25, -0.2) is 29.9 Å². The molecule has 12 aliphatic heterocycles. The van der Waals surface area contributed by atoms with E-state index in [9.17, 15) is 43.7 Å². The van der Waals surface area contributed by atoms with Gasteiger partial charge in [0.1, 0.15) is 88.3 Å². The number of H-pyrrole nitrogens is 3. The van der Waals surface area contributed by atoms with Gasteiger partial charge in [0.15, 0.2) is 87.8 Å². The van der Waals surface area contributed by atoms with Gasteiger partial charge in [0.2, 0.25) is 17.8 Å². The quantitative estimate of drug-likeness (QED) is 0.0800. The number of pyridine rings is 3. The van der Waals surface area contributed by atoms with Crippen LogP contribution >= 0.6 is 40.3 Å². The van der Waals surface area contributed by atoms with E-state index in [0.29, 0.717) is 50.6 Å². The van der Waals surface area contributed by atoms with Crippen LogP contribution in [0.5, 0.6) is 0 Å². The summed E-state index contributed by atoms with van der Waals surface area (Å²) in [6, 6.07) is 4.86. The summed E-state index contributed by atoms with van der Waals surface area (Å²) < 4.78 is 135. The number of rotatable bonds is 6. The molecule has 27 atom stereocenters. The average molecular weight is 2110 g/mol. The number of hydrogen-bond donors (Lipinski definition) is 15. The Labute approximate surface area is 780 Å². The van der Waals surface area contributed by atoms with E-state index >= 15 is 0 Å². The van der Waals surface area contributed by atoms with Crippen LogP contribution in [0.25, 0.3) is 67.0 Å². The normalized spacial score (nSPS) is 38.6. The fourth-order valence-electron chi connectivity index (χ4n) is 17.8. The average Bonchev–Trinajstić information content (AvgIpc) is 1.56. The summed E-state index contributed by atoms with van der Waals surface area (Å²) in [4.78, 5) is 150. The standard InChI is InChI=1S/3C21H24N10O10P2S2/c3*22-9-1-2-24-15-11(9)25-7-30(15)19-13-14-21(39-19,5-35-13)6-37-43(34,45)40-10-3-8(4-36-42(33,44)41-14)38-18(10)31-16-12(28-29-31)17(32)27-20(23)26-16/h3*1-2,7-8,10,13-14,18-19H,3-6H2,(H2,22,24)(H,33,44)(H,34,45)(H3,23,26,27,32)/t3*8-,10+,13+,14-,18+,19+,21+,42?,43?/m000/s1. The first-order valence-corrected chi connectivity index (χ1v) is 55.6. The summed E-state index contributed by atoms with van der Waals surface area (Å²) in [5, 5.41) is 23.6. The lowest BCUT2D eigenvalue weighted by molar-refractivity contribution is -0.183. The zero-order valence-electron chi connectivity index (χ0n) is 68.0. The summed E-state index contributed by atoms with van der Waals surface area (Å²) in [5.74, 6) is -0.525. The molecule has 0 saturated carbocycles. The molecule has 12 aromatic rings. The van der Waals surface area contributed by atoms with Crippen molar-refractivity contribution in [1.29, 1.82) is 0 Å². The number of nitrogens with one attached hydrogen (secondary N) is 3. The molecule has 135 heavy (non-hydrogen) atoms. The Morgan fingerprint density at radius 1 is 0.356 bits per heavy atom. The highest BCUT2D eigenvalue weighted by atomic mass is 32.5. The lowest BCUT2D eigenvalue weighted by atomic mass is 10.0. The Kier molecular flexibility index (Phi) is 23.3. The Morgan fingerprint density at radius 3 is 0.911 bits per heavy atom. The van der Waals surface area contributed by atoms with Gasteiger partial charge in [0, 0.05) is 37.9 Å². The SMILES string of the molecule is Nc1nc2c(nnn2[C@@H]2O[C@@H]3COP(O)(=S)O[C@H]4[C@H]5OC[C@]4(COP(O)(=S)O[C@@H]2C3)O[C@H]5n2cnc3c(N)ccnc32)c(=O)[nH]1.Nc1nc2c(nnn2[C@@H]2O[C@@H]3COP(O)(=S)O[C@H]4[C@H]5OC[C@]4(COP(O)(=S)O[C@@H]2C3)O[C@H]5n2cnc3c(N)ccnc32)c(=O)[nH]1.Nc1nc2c(nnn2[C@@H]2O[C@@H]3COP(O)(=S)O[C@H]4[C@H]5OC[C@]4(COP(O)(=S)O[C@@H]2C3)O[C@H]5n2cnc3c(N)ccnc32)c(=O)[nH]1. The molecular weight excluding hydrogens is 2040 g/mol. The maximum atomic E-state index is 12.3. The smallest absolute Gasteiger partial charge is 0.325 e. The largest absolute Gasteiger partial charge is 0.397 e. The molecule has 24 heterocycles. The second-order valence-corrected chi connectivity index (χ2v) is 49.1. The van der Waals surface area contributed by atoms with Crippen LogP contribution in [-0.2, 0) is 168 Å². The van der Waals surface area contributed by atoms with Gasteiger partial charge < -0.3 is 147 Å². The summed E-state index contributed by atoms with van der Waals surface area (Å²) in [7, 11) is 0. The molecule has 12 fully saturated rings. The Bertz CT molecular complexity index is 6650. The van der Waals surface area contributed by atoms with Crippen molar-refractivity contribution in [2.75, 3.05) is 93.9 Å². The van der Waals surface area contributed by atoms with Crippen molar-refractivity contribution >= 4 is 213 Å². The fourth-order valence-corrected chi connectivity index (χ4v) is 26.6. The van der Waals surface area contributed by atoms with Gasteiger partial charge in [-0.05, 0) is 89.0 Å². The first kappa shape index (κ1) is 92.4. The van der Waals surface area contributed by atoms with Crippen molar-refractivity contribution in [2.45, 2.75) is 147 Å². The molecule has 12 bridgehead atoms. The van der Waals surface area contributed by atoms with E-state index in [0.717, 1.165) is 0 Å². The van der Waals surface area contributed by atoms with Gasteiger partial charge in [0.05, 0.1) is 114 Å². The highest BCUT2D eigenvalue weighted by Gasteiger charge is 2.69. The third-order valence-corrected chi connectivity index (χ3v) is 33.0. The molecule has 0 radical (unpaired) electrons. The first-order valence-electron chi connectivity index (χ1n) is 40.1. The molecule has 21 N–H and O–H groups in total. The minimum absolute atomic E-state index is 0.00449. The zero-order chi connectivity index (χ0) is 93.9. The second kappa shape index (κ2) is 34.1. The topological polar surface area (TPSA) is 793 Å². The first-order chi connectivity index (χ1) is 64.3. The van der Waals surface area contributed by atoms with Crippen molar-refractivity contribution < 1.29 is 126 Å². The molecule has 6 unspecified atom stereocenters. The number of aromatic nitrogens is 24. The Balaban J connectivity index is 0.000000118. The van der Waals surface area contributed by atoms with Crippen LogP contribution in [0.4, 0.5) is 34.9 Å². The molecule has 12 aliphatic rings. The minimum Gasteiger partial charge on any atom is -0.397 e. The van der Waals surface area contributed by atoms with E-state index in [1.165, 1.54) is 51.6 Å². The lowest BCUT2D eigenvalue weighted by Crippen LogP contribution is -2.45. The lowest BCUT2D eigenvalue weighted by Gasteiger charge is -2.33. The summed E-state index contributed by atoms with van der Waals surface area (Å²) >= 11 is 32.4. The molecule has 12 saturated heterocycles. The minimum atomic E-state index is -4.04. The molecule has 720 valence electrons. The van der Waals surface area contributed by atoms with Gasteiger partial charge in [-0.2, -0.15) is 29.0 Å². The van der Waals surface area contributed by atoms with Gasteiger partial charge in [-0.3, -0.25) is 56.6 Å². The Hall–Kier alpha value is -7.68. The molecule has 24 rings (SSSR count). The van der Waals surface area contributed by atoms with Crippen LogP contribution in [0.3, 0.4) is 0 Å². The van der Waals surface area contributed by atoms with Crippen LogP contribution in [0.2, 0.25) is 0 Å². The van der Waals surface area contributed by atoms with E-state index in [1.54, 1.807) is 31.9 Å². The highest BCUT2D eigenvalue weighted by Crippen LogP contribution is 2.64. The van der Waals surface area contributed by atoms with E-state index in [2.05, 4.69) is 90.7 Å². The monoisotopic (exact) mass is 2110 g/mol. The number of fused-ring (bicyclic) bond motifs is 12. The molecule has 60 nitrogen and oxygen atoms in total. The Morgan fingerprint density at radius 2 is 0.630 bits per heavy atom. The van der Waals surface area contributed by atoms with Gasteiger partial charge in [-0.1, -0.05) is 15.6 Å². The molecular formula is C63H72N30O30P6S6. The fraction of sp³-hybridized carbons (Fsp3) is 0.524. The van der Waals surface area contributed by atoms with Crippen molar-refractivity contribution in [3.8, 4) is 0 Å². The van der Waals surface area contributed by atoms with E-state index in [4.69, 9.17) is 202 Å². The van der Waals surface area contributed by atoms with Gasteiger partial charge >= 0.3 is 40.3 Å².